The fourth-order valence-electron chi connectivity index (χ4n) is 2.98. The Bertz CT molecular complexity index is 1070. The summed E-state index contributed by atoms with van der Waals surface area (Å²) in [7, 11) is -3.62. The molecule has 0 aliphatic heterocycles. The zero-order chi connectivity index (χ0) is 22.1. The maximum Gasteiger partial charge on any atom is 0.240 e. The standard InChI is InChI=1S/C24H27NO5S/c1-3-28-23-15-10-19(18-24(23)29-4-2)16-17-25-31(26,27)22-13-11-21(12-14-22)30-20-8-6-5-7-9-20/h5-15,18,25H,3-4,16-17H2,1-2H3. The Morgan fingerprint density at radius 3 is 2.10 bits per heavy atom. The Labute approximate surface area is 183 Å². The van der Waals surface area contributed by atoms with E-state index in [9.17, 15) is 8.42 Å². The van der Waals surface area contributed by atoms with E-state index in [0.29, 0.717) is 42.6 Å². The van der Waals surface area contributed by atoms with Gasteiger partial charge in [0.15, 0.2) is 11.5 Å². The lowest BCUT2D eigenvalue weighted by Gasteiger charge is -2.13. The number of hydrogen-bond acceptors (Lipinski definition) is 5. The Morgan fingerprint density at radius 2 is 1.42 bits per heavy atom. The molecule has 0 spiro atoms. The molecule has 31 heavy (non-hydrogen) atoms. The lowest BCUT2D eigenvalue weighted by Crippen LogP contribution is -2.26. The van der Waals surface area contributed by atoms with E-state index in [0.717, 1.165) is 5.56 Å². The SMILES string of the molecule is CCOc1ccc(CCNS(=O)(=O)c2ccc(Oc3ccccc3)cc2)cc1OCC. The van der Waals surface area contributed by atoms with E-state index < -0.39 is 10.0 Å². The summed E-state index contributed by atoms with van der Waals surface area (Å²) in [6.07, 6.45) is 0.529. The van der Waals surface area contributed by atoms with Crippen LogP contribution < -0.4 is 18.9 Å². The van der Waals surface area contributed by atoms with Crippen molar-refractivity contribution in [3.63, 3.8) is 0 Å². The third kappa shape index (κ3) is 6.47. The molecule has 0 aliphatic carbocycles. The molecule has 3 aromatic carbocycles. The van der Waals surface area contributed by atoms with Gasteiger partial charge in [-0.3, -0.25) is 0 Å². The van der Waals surface area contributed by atoms with Crippen molar-refractivity contribution in [2.75, 3.05) is 19.8 Å². The van der Waals surface area contributed by atoms with Crippen LogP contribution in [0.1, 0.15) is 19.4 Å². The average Bonchev–Trinajstić information content (AvgIpc) is 2.77. The quantitative estimate of drug-likeness (QED) is 0.463. The first-order valence-corrected chi connectivity index (χ1v) is 11.7. The highest BCUT2D eigenvalue weighted by atomic mass is 32.2. The Hall–Kier alpha value is -3.03. The lowest BCUT2D eigenvalue weighted by atomic mass is 10.1. The van der Waals surface area contributed by atoms with Gasteiger partial charge >= 0.3 is 0 Å². The molecule has 0 heterocycles. The Balaban J connectivity index is 1.59. The molecule has 0 aliphatic rings. The van der Waals surface area contributed by atoms with Gasteiger partial charge in [0.2, 0.25) is 10.0 Å². The summed E-state index contributed by atoms with van der Waals surface area (Å²) < 4.78 is 44.7. The van der Waals surface area contributed by atoms with Crippen molar-refractivity contribution in [2.45, 2.75) is 25.2 Å². The van der Waals surface area contributed by atoms with Crippen LogP contribution in [0.5, 0.6) is 23.0 Å². The number of sulfonamides is 1. The van der Waals surface area contributed by atoms with E-state index in [-0.39, 0.29) is 11.4 Å². The van der Waals surface area contributed by atoms with E-state index in [1.54, 1.807) is 12.1 Å². The van der Waals surface area contributed by atoms with Gasteiger partial charge in [-0.1, -0.05) is 24.3 Å². The van der Waals surface area contributed by atoms with Gasteiger partial charge in [-0.15, -0.1) is 0 Å². The van der Waals surface area contributed by atoms with Gasteiger partial charge in [-0.25, -0.2) is 13.1 Å². The van der Waals surface area contributed by atoms with Gasteiger partial charge in [0, 0.05) is 6.54 Å². The van der Waals surface area contributed by atoms with Crippen LogP contribution >= 0.6 is 0 Å². The molecule has 0 atom stereocenters. The fourth-order valence-corrected chi connectivity index (χ4v) is 4.01. The summed E-state index contributed by atoms with van der Waals surface area (Å²) in [5.41, 5.74) is 0.959. The fraction of sp³-hybridized carbons (Fsp3) is 0.250. The minimum Gasteiger partial charge on any atom is -0.490 e. The van der Waals surface area contributed by atoms with E-state index in [1.807, 2.05) is 62.4 Å². The third-order valence-corrected chi connectivity index (χ3v) is 5.90. The molecule has 3 rings (SSSR count). The third-order valence-electron chi connectivity index (χ3n) is 4.43. The molecular formula is C24H27NO5S. The van der Waals surface area contributed by atoms with Crippen molar-refractivity contribution in [1.29, 1.82) is 0 Å². The number of para-hydroxylation sites is 1. The average molecular weight is 442 g/mol. The molecule has 0 radical (unpaired) electrons. The first-order valence-electron chi connectivity index (χ1n) is 10.2. The number of benzene rings is 3. The largest absolute Gasteiger partial charge is 0.490 e. The van der Waals surface area contributed by atoms with Crippen molar-refractivity contribution >= 4 is 10.0 Å². The summed E-state index contributed by atoms with van der Waals surface area (Å²) >= 11 is 0. The molecule has 0 saturated heterocycles. The molecule has 0 bridgehead atoms. The Morgan fingerprint density at radius 1 is 0.774 bits per heavy atom. The molecule has 3 aromatic rings. The van der Waals surface area contributed by atoms with Crippen molar-refractivity contribution in [3.8, 4) is 23.0 Å². The zero-order valence-electron chi connectivity index (χ0n) is 17.7. The highest BCUT2D eigenvalue weighted by Gasteiger charge is 2.14. The zero-order valence-corrected chi connectivity index (χ0v) is 18.5. The molecule has 0 unspecified atom stereocenters. The Kier molecular flexibility index (Phi) is 7.92. The first kappa shape index (κ1) is 22.7. The molecule has 0 fully saturated rings. The van der Waals surface area contributed by atoms with Crippen molar-refractivity contribution in [2.24, 2.45) is 0 Å². The van der Waals surface area contributed by atoms with Gasteiger partial charge in [-0.2, -0.15) is 0 Å². The number of ether oxygens (including phenoxy) is 3. The summed E-state index contributed by atoms with van der Waals surface area (Å²) in [6, 6.07) is 21.3. The van der Waals surface area contributed by atoms with E-state index in [4.69, 9.17) is 14.2 Å². The van der Waals surface area contributed by atoms with Gasteiger partial charge in [0.05, 0.1) is 18.1 Å². The topological polar surface area (TPSA) is 73.9 Å². The summed E-state index contributed by atoms with van der Waals surface area (Å²) in [5.74, 6) is 2.62. The molecule has 6 nitrogen and oxygen atoms in total. The minimum atomic E-state index is -3.62. The van der Waals surface area contributed by atoms with Gasteiger partial charge in [0.1, 0.15) is 11.5 Å². The predicted molar refractivity (Wildman–Crippen MR) is 121 cm³/mol. The highest BCUT2D eigenvalue weighted by Crippen LogP contribution is 2.28. The molecular weight excluding hydrogens is 414 g/mol. The normalized spacial score (nSPS) is 11.2. The lowest BCUT2D eigenvalue weighted by molar-refractivity contribution is 0.287. The van der Waals surface area contributed by atoms with Crippen LogP contribution in [0.3, 0.4) is 0 Å². The number of hydrogen-bond donors (Lipinski definition) is 1. The van der Waals surface area contributed by atoms with E-state index >= 15 is 0 Å². The highest BCUT2D eigenvalue weighted by molar-refractivity contribution is 7.89. The second kappa shape index (κ2) is 10.8. The number of rotatable bonds is 11. The minimum absolute atomic E-state index is 0.189. The van der Waals surface area contributed by atoms with Crippen molar-refractivity contribution < 1.29 is 22.6 Å². The van der Waals surface area contributed by atoms with Gasteiger partial charge < -0.3 is 14.2 Å². The van der Waals surface area contributed by atoms with Crippen molar-refractivity contribution in [1.82, 2.24) is 4.72 Å². The van der Waals surface area contributed by atoms with E-state index in [2.05, 4.69) is 4.72 Å². The maximum absolute atomic E-state index is 12.6. The van der Waals surface area contributed by atoms with Crippen LogP contribution in [-0.4, -0.2) is 28.2 Å². The summed E-state index contributed by atoms with van der Waals surface area (Å²) in [6.45, 7) is 5.17. The molecule has 7 heteroatoms. The maximum atomic E-state index is 12.6. The molecule has 164 valence electrons. The van der Waals surface area contributed by atoms with Gasteiger partial charge in [-0.05, 0) is 74.4 Å². The van der Waals surface area contributed by atoms with Crippen LogP contribution in [0.15, 0.2) is 77.7 Å². The predicted octanol–water partition coefficient (Wildman–Crippen LogP) is 4.80. The first-order chi connectivity index (χ1) is 15.0. The number of nitrogens with one attached hydrogen (secondary N) is 1. The van der Waals surface area contributed by atoms with Crippen LogP contribution in [0, 0.1) is 0 Å². The van der Waals surface area contributed by atoms with Crippen LogP contribution in [0.2, 0.25) is 0 Å². The molecule has 0 amide bonds. The van der Waals surface area contributed by atoms with Crippen LogP contribution in [-0.2, 0) is 16.4 Å². The van der Waals surface area contributed by atoms with Crippen molar-refractivity contribution in [3.05, 3.63) is 78.4 Å². The van der Waals surface area contributed by atoms with Crippen LogP contribution in [0.25, 0.3) is 0 Å². The summed E-state index contributed by atoms with van der Waals surface area (Å²) in [4.78, 5) is 0.189. The molecule has 0 saturated carbocycles. The van der Waals surface area contributed by atoms with Gasteiger partial charge in [0.25, 0.3) is 0 Å². The smallest absolute Gasteiger partial charge is 0.240 e. The summed E-state index contributed by atoms with van der Waals surface area (Å²) in [5, 5.41) is 0. The monoisotopic (exact) mass is 441 g/mol. The molecule has 0 aromatic heterocycles. The second-order valence-corrected chi connectivity index (χ2v) is 8.45. The van der Waals surface area contributed by atoms with E-state index in [1.165, 1.54) is 12.1 Å². The second-order valence-electron chi connectivity index (χ2n) is 6.68. The van der Waals surface area contributed by atoms with Crippen LogP contribution in [0.4, 0.5) is 0 Å². The molecule has 1 N–H and O–H groups in total.